The third-order valence-corrected chi connectivity index (χ3v) is 1.09. The number of aliphatic carboxylic acids is 1. The van der Waals surface area contributed by atoms with Crippen molar-refractivity contribution in [3.05, 3.63) is 12.8 Å². The number of nitrogens with two attached hydrogens (primary N) is 1. The van der Waals surface area contributed by atoms with Gasteiger partial charge in [0.25, 0.3) is 0 Å². The first-order valence-electron chi connectivity index (χ1n) is 3.10. The number of carboxylic acid groups (broad SMARTS) is 1. The maximum Gasteiger partial charge on any atom is 0.323 e. The average Bonchev–Trinajstić information content (AvgIpc) is 1.97. The van der Waals surface area contributed by atoms with E-state index in [1.54, 1.807) is 0 Å². The zero-order valence-electron chi connectivity index (χ0n) is 6.19. The van der Waals surface area contributed by atoms with Crippen molar-refractivity contribution in [2.75, 3.05) is 19.7 Å². The third-order valence-electron chi connectivity index (χ3n) is 1.09. The van der Waals surface area contributed by atoms with Gasteiger partial charge in [0.15, 0.2) is 0 Å². The lowest BCUT2D eigenvalue weighted by Gasteiger charge is -2.15. The quantitative estimate of drug-likeness (QED) is 0.508. The van der Waals surface area contributed by atoms with Gasteiger partial charge in [-0.3, -0.25) is 4.79 Å². The van der Waals surface area contributed by atoms with Gasteiger partial charge in [-0.1, -0.05) is 6.58 Å². The van der Waals surface area contributed by atoms with Crippen LogP contribution in [0.2, 0.25) is 0 Å². The van der Waals surface area contributed by atoms with Crippen molar-refractivity contribution in [3.8, 4) is 0 Å². The number of carbonyl (C=O) groups is 1. The first-order valence-corrected chi connectivity index (χ1v) is 3.10. The second-order valence-corrected chi connectivity index (χ2v) is 1.92. The monoisotopic (exact) mass is 160 g/mol. The van der Waals surface area contributed by atoms with E-state index in [0.717, 1.165) is 0 Å². The van der Waals surface area contributed by atoms with Crippen LogP contribution < -0.4 is 5.90 Å². The highest BCUT2D eigenvalue weighted by atomic mass is 16.6. The van der Waals surface area contributed by atoms with Crippen LogP contribution in [0.15, 0.2) is 12.8 Å². The Labute approximate surface area is 65.0 Å². The molecule has 0 aromatic carbocycles. The van der Waals surface area contributed by atoms with E-state index in [1.807, 2.05) is 0 Å². The first kappa shape index (κ1) is 9.93. The molecule has 0 saturated heterocycles. The fourth-order valence-electron chi connectivity index (χ4n) is 0.579. The number of carboxylic acids is 1. The molecule has 0 amide bonds. The van der Waals surface area contributed by atoms with Crippen LogP contribution in [0.4, 0.5) is 0 Å². The van der Waals surface area contributed by atoms with Crippen LogP contribution in [-0.2, 0) is 9.63 Å². The van der Waals surface area contributed by atoms with Crippen molar-refractivity contribution in [2.24, 2.45) is 5.90 Å². The second kappa shape index (κ2) is 5.70. The fraction of sp³-hybridized carbons (Fsp3) is 0.500. The van der Waals surface area contributed by atoms with E-state index >= 15 is 0 Å². The van der Waals surface area contributed by atoms with E-state index < -0.39 is 5.97 Å². The van der Waals surface area contributed by atoms with Gasteiger partial charge in [-0.25, -0.2) is 5.90 Å². The van der Waals surface area contributed by atoms with Gasteiger partial charge in [-0.05, 0) is 6.20 Å². The molecule has 3 N–H and O–H groups in total. The van der Waals surface area contributed by atoms with E-state index in [2.05, 4.69) is 11.4 Å². The fourth-order valence-corrected chi connectivity index (χ4v) is 0.579. The van der Waals surface area contributed by atoms with Crippen LogP contribution in [0.3, 0.4) is 0 Å². The zero-order valence-corrected chi connectivity index (χ0v) is 6.19. The van der Waals surface area contributed by atoms with Crippen LogP contribution in [0.5, 0.6) is 0 Å². The van der Waals surface area contributed by atoms with E-state index in [0.29, 0.717) is 13.2 Å². The maximum absolute atomic E-state index is 10.2. The summed E-state index contributed by atoms with van der Waals surface area (Å²) in [6.45, 7) is 4.08. The Balaban J connectivity index is 3.57. The molecule has 0 unspecified atom stereocenters. The van der Waals surface area contributed by atoms with Gasteiger partial charge in [0.2, 0.25) is 0 Å². The molecule has 0 heterocycles. The van der Waals surface area contributed by atoms with Gasteiger partial charge in [-0.2, -0.15) is 0 Å². The number of hydrogen-bond acceptors (Lipinski definition) is 4. The summed E-state index contributed by atoms with van der Waals surface area (Å²) in [7, 11) is 0. The first-order chi connectivity index (χ1) is 5.20. The van der Waals surface area contributed by atoms with Gasteiger partial charge in [0, 0.05) is 6.54 Å². The SMILES string of the molecule is C=CN(CCON)CC(=O)O. The Morgan fingerprint density at radius 2 is 2.45 bits per heavy atom. The van der Waals surface area contributed by atoms with E-state index in [-0.39, 0.29) is 6.54 Å². The standard InChI is InChI=1S/C6H12N2O3/c1-2-8(3-4-11-7)5-6(9)10/h2H,1,3-5,7H2,(H,9,10). The average molecular weight is 160 g/mol. The Morgan fingerprint density at radius 3 is 2.82 bits per heavy atom. The van der Waals surface area contributed by atoms with Crippen LogP contribution in [0.25, 0.3) is 0 Å². The predicted octanol–water partition coefficient (Wildman–Crippen LogP) is -0.593. The molecular weight excluding hydrogens is 148 g/mol. The van der Waals surface area contributed by atoms with Crippen molar-refractivity contribution >= 4 is 5.97 Å². The van der Waals surface area contributed by atoms with Gasteiger partial charge in [0.05, 0.1) is 6.61 Å². The molecule has 64 valence electrons. The van der Waals surface area contributed by atoms with Crippen LogP contribution in [-0.4, -0.2) is 35.7 Å². The normalized spacial score (nSPS) is 9.18. The highest BCUT2D eigenvalue weighted by molar-refractivity contribution is 5.69. The molecule has 0 saturated carbocycles. The molecule has 5 nitrogen and oxygen atoms in total. The summed E-state index contributed by atoms with van der Waals surface area (Å²) in [6, 6.07) is 0. The van der Waals surface area contributed by atoms with Crippen LogP contribution >= 0.6 is 0 Å². The largest absolute Gasteiger partial charge is 0.480 e. The molecule has 0 rings (SSSR count). The lowest BCUT2D eigenvalue weighted by Crippen LogP contribution is -2.28. The Hall–Kier alpha value is -1.07. The summed E-state index contributed by atoms with van der Waals surface area (Å²) in [6.07, 6.45) is 1.44. The Bertz CT molecular complexity index is 138. The van der Waals surface area contributed by atoms with Gasteiger partial charge < -0.3 is 14.8 Å². The predicted molar refractivity (Wildman–Crippen MR) is 39.5 cm³/mol. The van der Waals surface area contributed by atoms with Crippen molar-refractivity contribution in [1.82, 2.24) is 4.90 Å². The minimum Gasteiger partial charge on any atom is -0.480 e. The number of rotatable bonds is 6. The molecule has 0 aromatic heterocycles. The minimum atomic E-state index is -0.901. The highest BCUT2D eigenvalue weighted by Gasteiger charge is 2.02. The van der Waals surface area contributed by atoms with E-state index in [4.69, 9.17) is 11.0 Å². The molecule has 5 heteroatoms. The minimum absolute atomic E-state index is 0.0765. The number of nitrogens with zero attached hydrogens (tertiary/aromatic N) is 1. The highest BCUT2D eigenvalue weighted by Crippen LogP contribution is 1.86. The molecule has 11 heavy (non-hydrogen) atoms. The summed E-state index contributed by atoms with van der Waals surface area (Å²) in [5.41, 5.74) is 0. The lowest BCUT2D eigenvalue weighted by molar-refractivity contribution is -0.137. The van der Waals surface area contributed by atoms with Crippen LogP contribution in [0.1, 0.15) is 0 Å². The van der Waals surface area contributed by atoms with Crippen molar-refractivity contribution in [2.45, 2.75) is 0 Å². The molecule has 0 radical (unpaired) electrons. The van der Waals surface area contributed by atoms with E-state index in [9.17, 15) is 4.79 Å². The molecule has 0 aromatic rings. The smallest absolute Gasteiger partial charge is 0.323 e. The summed E-state index contributed by atoms with van der Waals surface area (Å²) in [4.78, 5) is 15.9. The van der Waals surface area contributed by atoms with Crippen molar-refractivity contribution in [1.29, 1.82) is 0 Å². The molecule has 0 fully saturated rings. The Morgan fingerprint density at radius 1 is 1.82 bits per heavy atom. The molecule has 0 atom stereocenters. The zero-order chi connectivity index (χ0) is 8.69. The second-order valence-electron chi connectivity index (χ2n) is 1.92. The van der Waals surface area contributed by atoms with Crippen molar-refractivity contribution < 1.29 is 14.7 Å². The summed E-state index contributed by atoms with van der Waals surface area (Å²) in [5.74, 6) is 3.85. The van der Waals surface area contributed by atoms with Crippen molar-refractivity contribution in [3.63, 3.8) is 0 Å². The molecular formula is C6H12N2O3. The lowest BCUT2D eigenvalue weighted by atomic mass is 10.5. The summed E-state index contributed by atoms with van der Waals surface area (Å²) >= 11 is 0. The molecule has 0 bridgehead atoms. The van der Waals surface area contributed by atoms with Crippen LogP contribution in [0, 0.1) is 0 Å². The van der Waals surface area contributed by atoms with E-state index in [1.165, 1.54) is 11.1 Å². The van der Waals surface area contributed by atoms with Gasteiger partial charge in [-0.15, -0.1) is 0 Å². The number of hydrogen-bond donors (Lipinski definition) is 2. The summed E-state index contributed by atoms with van der Waals surface area (Å²) < 4.78 is 0. The summed E-state index contributed by atoms with van der Waals surface area (Å²) in [5, 5.41) is 8.35. The molecule has 0 aliphatic rings. The topological polar surface area (TPSA) is 75.8 Å². The molecule has 0 aliphatic carbocycles. The molecule has 0 spiro atoms. The maximum atomic E-state index is 10.2. The van der Waals surface area contributed by atoms with Gasteiger partial charge >= 0.3 is 5.97 Å². The third kappa shape index (κ3) is 5.38. The Kier molecular flexibility index (Phi) is 5.14. The molecule has 0 aliphatic heterocycles. The van der Waals surface area contributed by atoms with Gasteiger partial charge in [0.1, 0.15) is 6.54 Å².